The van der Waals surface area contributed by atoms with Crippen LogP contribution in [0, 0.1) is 30.6 Å². The summed E-state index contributed by atoms with van der Waals surface area (Å²) in [6.45, 7) is 5.56. The minimum Gasteiger partial charge on any atom is -0.451 e. The van der Waals surface area contributed by atoms with E-state index in [1.54, 1.807) is 61.5 Å². The van der Waals surface area contributed by atoms with E-state index in [1.165, 1.54) is 10.5 Å². The van der Waals surface area contributed by atoms with Crippen LogP contribution in [0.15, 0.2) is 88.9 Å². The van der Waals surface area contributed by atoms with Gasteiger partial charge in [-0.2, -0.15) is 0 Å². The maximum absolute atomic E-state index is 13.5. The van der Waals surface area contributed by atoms with Crippen molar-refractivity contribution < 1.29 is 23.9 Å². The first-order valence-electron chi connectivity index (χ1n) is 14.7. The second kappa shape index (κ2) is 10.6. The van der Waals surface area contributed by atoms with Crippen LogP contribution < -0.4 is 4.90 Å². The van der Waals surface area contributed by atoms with E-state index in [9.17, 15) is 19.2 Å². The number of benzene rings is 3. The number of carbonyl (C=O) groups excluding carboxylic acids is 4. The molecule has 0 spiro atoms. The quantitative estimate of drug-likeness (QED) is 0.0958. The number of hydrogen-bond donors (Lipinski definition) is 0. The Morgan fingerprint density at radius 1 is 0.932 bits per heavy atom. The lowest BCUT2D eigenvalue weighted by Crippen LogP contribution is -2.32. The molecule has 44 heavy (non-hydrogen) atoms. The number of aryl methyl sites for hydroxylation is 1. The van der Waals surface area contributed by atoms with Gasteiger partial charge in [0.1, 0.15) is 0 Å². The van der Waals surface area contributed by atoms with Gasteiger partial charge in [0.15, 0.2) is 6.10 Å². The molecular formula is C36H29BrN2O5. The van der Waals surface area contributed by atoms with Crippen LogP contribution in [0.25, 0.3) is 22.2 Å². The molecule has 0 N–H and O–H groups in total. The van der Waals surface area contributed by atoms with Gasteiger partial charge in [0.05, 0.1) is 34.3 Å². The highest BCUT2D eigenvalue weighted by Crippen LogP contribution is 2.56. The largest absolute Gasteiger partial charge is 0.451 e. The third-order valence-corrected chi connectivity index (χ3v) is 9.77. The zero-order valence-electron chi connectivity index (χ0n) is 24.4. The van der Waals surface area contributed by atoms with Crippen LogP contribution in [0.5, 0.6) is 0 Å². The number of carbonyl (C=O) groups is 4. The zero-order chi connectivity index (χ0) is 30.9. The van der Waals surface area contributed by atoms with Crippen molar-refractivity contribution >= 4 is 56.1 Å². The minimum absolute atomic E-state index is 0.124. The smallest absolute Gasteiger partial charge is 0.339 e. The van der Waals surface area contributed by atoms with Crippen LogP contribution in [-0.2, 0) is 14.3 Å². The lowest BCUT2D eigenvalue weighted by molar-refractivity contribution is -0.123. The fourth-order valence-corrected chi connectivity index (χ4v) is 7.42. The summed E-state index contributed by atoms with van der Waals surface area (Å²) in [6.07, 6.45) is 2.06. The van der Waals surface area contributed by atoms with Crippen molar-refractivity contribution in [2.45, 2.75) is 33.3 Å². The number of pyridine rings is 1. The fraction of sp³-hybridized carbons (Fsp3) is 0.250. The maximum atomic E-state index is 13.5. The Bertz CT molecular complexity index is 1910. The number of rotatable bonds is 6. The molecule has 8 heteroatoms. The van der Waals surface area contributed by atoms with Crippen LogP contribution in [0.3, 0.4) is 0 Å². The number of Topliss-reactive ketones (excluding diaryl/α,β-unsaturated/α-hetero) is 1. The summed E-state index contributed by atoms with van der Waals surface area (Å²) in [5, 5.41) is 0.582. The molecule has 3 aromatic carbocycles. The van der Waals surface area contributed by atoms with Crippen molar-refractivity contribution in [1.82, 2.24) is 4.98 Å². The van der Waals surface area contributed by atoms with E-state index < -0.39 is 12.1 Å². The molecule has 220 valence electrons. The Hall–Kier alpha value is -4.43. The molecule has 1 saturated carbocycles. The topological polar surface area (TPSA) is 93.6 Å². The Morgan fingerprint density at radius 2 is 1.64 bits per heavy atom. The molecule has 2 heterocycles. The van der Waals surface area contributed by atoms with Crippen LogP contribution in [-0.4, -0.2) is 34.7 Å². The summed E-state index contributed by atoms with van der Waals surface area (Å²) >= 11 is 3.47. The van der Waals surface area contributed by atoms with Crippen molar-refractivity contribution in [3.63, 3.8) is 0 Å². The summed E-state index contributed by atoms with van der Waals surface area (Å²) in [5.74, 6) is -1.43. The van der Waals surface area contributed by atoms with Gasteiger partial charge in [0, 0.05) is 21.0 Å². The van der Waals surface area contributed by atoms with Gasteiger partial charge in [-0.15, -0.1) is 0 Å². The van der Waals surface area contributed by atoms with Gasteiger partial charge in [-0.25, -0.2) is 9.78 Å². The number of ether oxygens (including phenoxy) is 1. The zero-order valence-corrected chi connectivity index (χ0v) is 26.0. The molecule has 3 aliphatic rings. The number of imide groups is 1. The molecule has 2 bridgehead atoms. The number of esters is 1. The van der Waals surface area contributed by atoms with E-state index in [1.807, 2.05) is 25.1 Å². The van der Waals surface area contributed by atoms with Gasteiger partial charge in [0.25, 0.3) is 0 Å². The highest BCUT2D eigenvalue weighted by Gasteiger charge is 2.60. The molecule has 5 atom stereocenters. The number of allylic oxidation sites excluding steroid dienone is 2. The van der Waals surface area contributed by atoms with E-state index in [0.29, 0.717) is 33.4 Å². The van der Waals surface area contributed by atoms with Gasteiger partial charge in [0.2, 0.25) is 17.6 Å². The number of ketones is 1. The number of halogens is 1. The Labute approximate surface area is 263 Å². The third-order valence-electron chi connectivity index (χ3n) is 9.28. The maximum Gasteiger partial charge on any atom is 0.339 e. The van der Waals surface area contributed by atoms with Crippen molar-refractivity contribution in [2.75, 3.05) is 4.90 Å². The minimum atomic E-state index is -0.993. The van der Waals surface area contributed by atoms with E-state index in [4.69, 9.17) is 9.72 Å². The van der Waals surface area contributed by atoms with Gasteiger partial charge < -0.3 is 4.74 Å². The molecular weight excluding hydrogens is 620 g/mol. The highest BCUT2D eigenvalue weighted by molar-refractivity contribution is 9.10. The first-order valence-corrected chi connectivity index (χ1v) is 15.5. The first kappa shape index (κ1) is 28.3. The van der Waals surface area contributed by atoms with E-state index in [-0.39, 0.29) is 46.8 Å². The third kappa shape index (κ3) is 4.59. The molecule has 0 radical (unpaired) electrons. The fourth-order valence-electron chi connectivity index (χ4n) is 7.05. The van der Waals surface area contributed by atoms with E-state index >= 15 is 0 Å². The van der Waals surface area contributed by atoms with Crippen LogP contribution in [0.1, 0.15) is 46.5 Å². The lowest BCUT2D eigenvalue weighted by atomic mass is 9.82. The monoisotopic (exact) mass is 648 g/mol. The summed E-state index contributed by atoms with van der Waals surface area (Å²) in [6, 6.07) is 21.3. The Balaban J connectivity index is 1.17. The molecule has 5 unspecified atom stereocenters. The normalized spacial score (nSPS) is 22.7. The summed E-state index contributed by atoms with van der Waals surface area (Å²) in [7, 11) is 0. The van der Waals surface area contributed by atoms with Gasteiger partial charge >= 0.3 is 5.97 Å². The number of hydrogen-bond acceptors (Lipinski definition) is 6. The van der Waals surface area contributed by atoms with Crippen LogP contribution in [0.2, 0.25) is 0 Å². The molecule has 2 amide bonds. The summed E-state index contributed by atoms with van der Waals surface area (Å²) in [4.78, 5) is 59.4. The Kier molecular flexibility index (Phi) is 6.85. The second-order valence-corrected chi connectivity index (χ2v) is 12.9. The molecule has 2 aliphatic carbocycles. The molecule has 1 aromatic heterocycles. The van der Waals surface area contributed by atoms with E-state index in [0.717, 1.165) is 16.5 Å². The second-order valence-electron chi connectivity index (χ2n) is 12.0. The molecule has 1 saturated heterocycles. The van der Waals surface area contributed by atoms with Gasteiger partial charge in [-0.1, -0.05) is 69.5 Å². The number of aromatic nitrogens is 1. The summed E-state index contributed by atoms with van der Waals surface area (Å²) in [5.41, 5.74) is 5.32. The average Bonchev–Trinajstić information content (AvgIpc) is 3.66. The number of fused-ring (bicyclic) bond motifs is 6. The molecule has 4 aromatic rings. The Morgan fingerprint density at radius 3 is 2.36 bits per heavy atom. The van der Waals surface area contributed by atoms with Crippen LogP contribution in [0.4, 0.5) is 5.69 Å². The lowest BCUT2D eigenvalue weighted by Gasteiger charge is -2.19. The van der Waals surface area contributed by atoms with Crippen molar-refractivity contribution in [3.05, 3.63) is 106 Å². The molecule has 7 nitrogen and oxygen atoms in total. The van der Waals surface area contributed by atoms with Crippen molar-refractivity contribution in [1.29, 1.82) is 0 Å². The molecule has 2 fully saturated rings. The number of anilines is 1. The van der Waals surface area contributed by atoms with Crippen molar-refractivity contribution in [2.24, 2.45) is 23.7 Å². The van der Waals surface area contributed by atoms with Gasteiger partial charge in [-0.3, -0.25) is 19.3 Å². The SMILES string of the molecule is CC1=CC2CC1C1C(=O)N(c3ccc(-c4cc(C(=O)OC(C)C(=O)c5ccc(C)cc5)c5cc(Br)ccc5n4)cc3)C(=O)C21. The standard InChI is InChI=1S/C36H29BrN2O5/c1-18-4-6-22(7-5-18)33(40)20(3)44-36(43)28-17-30(38-29-13-10-24(37)16-27(28)29)21-8-11-25(12-9-21)39-34(41)31-23-14-19(2)26(15-23)32(31)35(39)42/h4-14,16-17,20,23,26,31-32H,15H2,1-3H3. The number of amides is 2. The number of nitrogens with zero attached hydrogens (tertiary/aromatic N) is 2. The van der Waals surface area contributed by atoms with Gasteiger partial charge in [-0.05, 0) is 75.4 Å². The van der Waals surface area contributed by atoms with E-state index in [2.05, 4.69) is 28.9 Å². The van der Waals surface area contributed by atoms with Crippen LogP contribution >= 0.6 is 15.9 Å². The van der Waals surface area contributed by atoms with Crippen molar-refractivity contribution in [3.8, 4) is 11.3 Å². The average molecular weight is 650 g/mol. The first-order chi connectivity index (χ1) is 21.1. The molecule has 7 rings (SSSR count). The highest BCUT2D eigenvalue weighted by atomic mass is 79.9. The molecule has 1 aliphatic heterocycles. The predicted molar refractivity (Wildman–Crippen MR) is 170 cm³/mol. The predicted octanol–water partition coefficient (Wildman–Crippen LogP) is 7.10. The summed E-state index contributed by atoms with van der Waals surface area (Å²) < 4.78 is 6.45.